The predicted octanol–water partition coefficient (Wildman–Crippen LogP) is -0.606. The monoisotopic (exact) mass is 144 g/mol. The number of carboxylic acid groups (broad SMARTS) is 1. The van der Waals surface area contributed by atoms with Crippen LogP contribution in [0.1, 0.15) is 0 Å². The van der Waals surface area contributed by atoms with Gasteiger partial charge in [0, 0.05) is 12.2 Å². The minimum absolute atomic E-state index is 0.0689. The molecule has 0 aromatic rings. The number of aliphatic carboxylic acids is 1. The summed E-state index contributed by atoms with van der Waals surface area (Å²) in [5.74, 6) is -0.878. The standard InChI is InChI=1S/C6H12N2O2/c1-5(3-7-2)8-4-6(9)10/h7-8H,1,3-4H2,2H3,(H,9,10). The minimum Gasteiger partial charge on any atom is -0.480 e. The maximum atomic E-state index is 9.98. The van der Waals surface area contributed by atoms with Crippen LogP contribution in [-0.4, -0.2) is 31.2 Å². The maximum absolute atomic E-state index is 9.98. The van der Waals surface area contributed by atoms with Crippen LogP contribution in [-0.2, 0) is 4.79 Å². The Kier molecular flexibility index (Phi) is 4.32. The van der Waals surface area contributed by atoms with Gasteiger partial charge in [0.2, 0.25) is 0 Å². The van der Waals surface area contributed by atoms with Gasteiger partial charge in [0.05, 0.1) is 0 Å². The highest BCUT2D eigenvalue weighted by Gasteiger charge is 1.95. The average Bonchev–Trinajstić information content (AvgIpc) is 1.85. The normalized spacial score (nSPS) is 8.90. The molecule has 0 saturated carbocycles. The van der Waals surface area contributed by atoms with Gasteiger partial charge < -0.3 is 15.7 Å². The predicted molar refractivity (Wildman–Crippen MR) is 38.7 cm³/mol. The summed E-state index contributed by atoms with van der Waals surface area (Å²) < 4.78 is 0. The molecular formula is C6H12N2O2. The number of nitrogens with one attached hydrogen (secondary N) is 2. The second-order valence-electron chi connectivity index (χ2n) is 1.88. The van der Waals surface area contributed by atoms with Gasteiger partial charge in [0.25, 0.3) is 0 Å². The third-order valence-corrected chi connectivity index (χ3v) is 0.880. The van der Waals surface area contributed by atoms with Crippen LogP contribution in [0, 0.1) is 0 Å². The largest absolute Gasteiger partial charge is 0.480 e. The van der Waals surface area contributed by atoms with Crippen LogP contribution in [0.5, 0.6) is 0 Å². The van der Waals surface area contributed by atoms with E-state index in [2.05, 4.69) is 17.2 Å². The molecule has 0 heterocycles. The summed E-state index contributed by atoms with van der Waals surface area (Å²) in [6.45, 7) is 4.10. The van der Waals surface area contributed by atoms with Crippen molar-refractivity contribution in [1.82, 2.24) is 10.6 Å². The van der Waals surface area contributed by atoms with Crippen molar-refractivity contribution in [3.05, 3.63) is 12.3 Å². The minimum atomic E-state index is -0.878. The fraction of sp³-hybridized carbons (Fsp3) is 0.500. The van der Waals surface area contributed by atoms with Crippen LogP contribution in [0.3, 0.4) is 0 Å². The molecule has 0 aromatic heterocycles. The number of hydrogen-bond donors (Lipinski definition) is 3. The first kappa shape index (κ1) is 8.97. The zero-order valence-electron chi connectivity index (χ0n) is 5.98. The Labute approximate surface area is 59.9 Å². The number of rotatable bonds is 5. The van der Waals surface area contributed by atoms with Crippen LogP contribution in [0.4, 0.5) is 0 Å². The zero-order valence-corrected chi connectivity index (χ0v) is 5.98. The molecule has 4 nitrogen and oxygen atoms in total. The molecular weight excluding hydrogens is 132 g/mol. The van der Waals surface area contributed by atoms with E-state index in [4.69, 9.17) is 5.11 Å². The lowest BCUT2D eigenvalue weighted by Gasteiger charge is -2.04. The summed E-state index contributed by atoms with van der Waals surface area (Å²) in [5.41, 5.74) is 0.685. The second kappa shape index (κ2) is 4.81. The lowest BCUT2D eigenvalue weighted by molar-refractivity contribution is -0.135. The van der Waals surface area contributed by atoms with Crippen LogP contribution in [0.15, 0.2) is 12.3 Å². The molecule has 4 heteroatoms. The molecule has 58 valence electrons. The third kappa shape index (κ3) is 5.11. The molecule has 0 spiro atoms. The van der Waals surface area contributed by atoms with Crippen molar-refractivity contribution in [3.8, 4) is 0 Å². The molecule has 0 aromatic carbocycles. The van der Waals surface area contributed by atoms with Gasteiger partial charge in [0.1, 0.15) is 6.54 Å². The van der Waals surface area contributed by atoms with E-state index >= 15 is 0 Å². The van der Waals surface area contributed by atoms with Crippen molar-refractivity contribution in [2.24, 2.45) is 0 Å². The third-order valence-electron chi connectivity index (χ3n) is 0.880. The summed E-state index contributed by atoms with van der Waals surface area (Å²) in [4.78, 5) is 9.98. The molecule has 10 heavy (non-hydrogen) atoms. The van der Waals surface area contributed by atoms with E-state index in [0.29, 0.717) is 12.2 Å². The van der Waals surface area contributed by atoms with Crippen LogP contribution in [0.2, 0.25) is 0 Å². The van der Waals surface area contributed by atoms with Crippen LogP contribution in [0.25, 0.3) is 0 Å². The van der Waals surface area contributed by atoms with Crippen molar-refractivity contribution in [2.45, 2.75) is 0 Å². The topological polar surface area (TPSA) is 61.4 Å². The summed E-state index contributed by atoms with van der Waals surface area (Å²) in [7, 11) is 1.77. The Morgan fingerprint density at radius 2 is 2.20 bits per heavy atom. The summed E-state index contributed by atoms with van der Waals surface area (Å²) in [6.07, 6.45) is 0. The molecule has 0 unspecified atom stereocenters. The van der Waals surface area contributed by atoms with E-state index in [1.54, 1.807) is 7.05 Å². The van der Waals surface area contributed by atoms with E-state index in [0.717, 1.165) is 0 Å². The van der Waals surface area contributed by atoms with Gasteiger partial charge >= 0.3 is 5.97 Å². The SMILES string of the molecule is C=C(CNC)NCC(=O)O. The average molecular weight is 144 g/mol. The molecule has 0 radical (unpaired) electrons. The first-order chi connectivity index (χ1) is 4.66. The van der Waals surface area contributed by atoms with E-state index in [9.17, 15) is 4.79 Å². The molecule has 0 fully saturated rings. The van der Waals surface area contributed by atoms with Gasteiger partial charge in [-0.15, -0.1) is 0 Å². The molecule has 0 aliphatic rings. The number of carboxylic acids is 1. The fourth-order valence-electron chi connectivity index (χ4n) is 0.477. The molecule has 0 bridgehead atoms. The number of hydrogen-bond acceptors (Lipinski definition) is 3. The van der Waals surface area contributed by atoms with Crippen molar-refractivity contribution in [3.63, 3.8) is 0 Å². The highest BCUT2D eigenvalue weighted by molar-refractivity contribution is 5.69. The first-order valence-corrected chi connectivity index (χ1v) is 2.95. The fourth-order valence-corrected chi connectivity index (χ4v) is 0.477. The van der Waals surface area contributed by atoms with Crippen LogP contribution >= 0.6 is 0 Å². The Balaban J connectivity index is 3.30. The molecule has 0 atom stereocenters. The number of carbonyl (C=O) groups is 1. The van der Waals surface area contributed by atoms with Crippen molar-refractivity contribution < 1.29 is 9.90 Å². The van der Waals surface area contributed by atoms with Gasteiger partial charge in [-0.3, -0.25) is 4.79 Å². The van der Waals surface area contributed by atoms with Crippen molar-refractivity contribution >= 4 is 5.97 Å². The molecule has 0 amide bonds. The molecule has 0 saturated heterocycles. The lowest BCUT2D eigenvalue weighted by atomic mass is 10.4. The van der Waals surface area contributed by atoms with Gasteiger partial charge in [0.15, 0.2) is 0 Å². The van der Waals surface area contributed by atoms with Crippen molar-refractivity contribution in [2.75, 3.05) is 20.1 Å². The van der Waals surface area contributed by atoms with E-state index in [1.165, 1.54) is 0 Å². The van der Waals surface area contributed by atoms with E-state index in [1.807, 2.05) is 0 Å². The van der Waals surface area contributed by atoms with Crippen molar-refractivity contribution in [1.29, 1.82) is 0 Å². The van der Waals surface area contributed by atoms with Gasteiger partial charge in [-0.1, -0.05) is 6.58 Å². The second-order valence-corrected chi connectivity index (χ2v) is 1.88. The highest BCUT2D eigenvalue weighted by atomic mass is 16.4. The van der Waals surface area contributed by atoms with E-state index in [-0.39, 0.29) is 6.54 Å². The lowest BCUT2D eigenvalue weighted by Crippen LogP contribution is -2.26. The summed E-state index contributed by atoms with van der Waals surface area (Å²) in [6, 6.07) is 0. The Morgan fingerprint density at radius 3 is 2.60 bits per heavy atom. The zero-order chi connectivity index (χ0) is 7.98. The molecule has 0 rings (SSSR count). The highest BCUT2D eigenvalue weighted by Crippen LogP contribution is 1.77. The first-order valence-electron chi connectivity index (χ1n) is 2.95. The van der Waals surface area contributed by atoms with Gasteiger partial charge in [-0.2, -0.15) is 0 Å². The Hall–Kier alpha value is -1.03. The van der Waals surface area contributed by atoms with Gasteiger partial charge in [-0.05, 0) is 7.05 Å². The smallest absolute Gasteiger partial charge is 0.322 e. The molecule has 0 aliphatic heterocycles. The molecule has 3 N–H and O–H groups in total. The summed E-state index contributed by atoms with van der Waals surface area (Å²) in [5, 5.41) is 13.7. The summed E-state index contributed by atoms with van der Waals surface area (Å²) >= 11 is 0. The number of likely N-dealkylation sites (N-methyl/N-ethyl adjacent to an activating group) is 1. The molecule has 0 aliphatic carbocycles. The van der Waals surface area contributed by atoms with Crippen LogP contribution < -0.4 is 10.6 Å². The van der Waals surface area contributed by atoms with Gasteiger partial charge in [-0.25, -0.2) is 0 Å². The Morgan fingerprint density at radius 1 is 1.60 bits per heavy atom. The Bertz CT molecular complexity index is 134. The van der Waals surface area contributed by atoms with E-state index < -0.39 is 5.97 Å². The maximum Gasteiger partial charge on any atom is 0.322 e. The quantitative estimate of drug-likeness (QED) is 0.482.